The van der Waals surface area contributed by atoms with E-state index in [1.54, 1.807) is 18.3 Å². The van der Waals surface area contributed by atoms with Gasteiger partial charge in [-0.25, -0.2) is 0 Å². The van der Waals surface area contributed by atoms with Gasteiger partial charge in [0.1, 0.15) is 5.41 Å². The molecule has 6 rings (SSSR count). The molecule has 4 atom stereocenters. The van der Waals surface area contributed by atoms with E-state index in [4.69, 9.17) is 0 Å². The summed E-state index contributed by atoms with van der Waals surface area (Å²) in [7, 11) is 0. The molecule has 1 saturated heterocycles. The van der Waals surface area contributed by atoms with Gasteiger partial charge in [-0.15, -0.1) is 0 Å². The van der Waals surface area contributed by atoms with Crippen LogP contribution in [-0.2, 0) is 15.0 Å². The van der Waals surface area contributed by atoms with E-state index in [2.05, 4.69) is 10.3 Å². The van der Waals surface area contributed by atoms with Crippen LogP contribution < -0.4 is 10.2 Å². The number of amides is 1. The molecule has 0 unspecified atom stereocenters. The van der Waals surface area contributed by atoms with Crippen LogP contribution >= 0.6 is 0 Å². The molecule has 162 valence electrons. The van der Waals surface area contributed by atoms with Crippen molar-refractivity contribution in [3.8, 4) is 0 Å². The third kappa shape index (κ3) is 2.49. The summed E-state index contributed by atoms with van der Waals surface area (Å²) in [6.45, 7) is 1.50. The molecule has 1 aromatic heterocycles. The van der Waals surface area contributed by atoms with Gasteiger partial charge in [0, 0.05) is 29.3 Å². The molecule has 3 aromatic rings. The molecular weight excluding hydrogens is 414 g/mol. The Morgan fingerprint density at radius 3 is 2.61 bits per heavy atom. The van der Waals surface area contributed by atoms with E-state index >= 15 is 0 Å². The van der Waals surface area contributed by atoms with Crippen molar-refractivity contribution < 1.29 is 14.4 Å². The number of rotatable bonds is 3. The van der Waals surface area contributed by atoms with Crippen LogP contribution in [0, 0.1) is 5.92 Å². The first-order valence-corrected chi connectivity index (χ1v) is 11.0. The molecule has 4 heterocycles. The monoisotopic (exact) mass is 435 g/mol. The number of benzene rings is 2. The van der Waals surface area contributed by atoms with Crippen molar-refractivity contribution in [1.82, 2.24) is 4.98 Å². The van der Waals surface area contributed by atoms with E-state index in [-0.39, 0.29) is 17.5 Å². The van der Waals surface area contributed by atoms with Crippen LogP contribution in [-0.4, -0.2) is 34.5 Å². The van der Waals surface area contributed by atoms with Crippen LogP contribution in [0.25, 0.3) is 6.08 Å². The standard InChI is InChI=1S/C27H21N3O3/c1-16(31)24-23(25(32)18-8-6-14-28-15-18)27(19-9-3-4-10-20(19)29-26(27)33)22-13-12-17-7-2-5-11-21(17)30(22)24/h2-15,22-24H,1H3,(H,29,33)/t22-,23-,24+,27+/m1/s1. The van der Waals surface area contributed by atoms with Crippen molar-refractivity contribution in [2.24, 2.45) is 5.92 Å². The third-order valence-electron chi connectivity index (χ3n) is 7.19. The Kier molecular flexibility index (Phi) is 4.14. The van der Waals surface area contributed by atoms with Crippen molar-refractivity contribution in [3.05, 3.63) is 95.8 Å². The number of Topliss-reactive ketones (excluding diaryl/α,β-unsaturated/α-hetero) is 2. The number of carbonyl (C=O) groups is 3. The zero-order chi connectivity index (χ0) is 22.7. The maximum atomic E-state index is 14.1. The van der Waals surface area contributed by atoms with Gasteiger partial charge in [-0.2, -0.15) is 0 Å². The Hall–Kier alpha value is -4.06. The average Bonchev–Trinajstić information content (AvgIpc) is 3.32. The van der Waals surface area contributed by atoms with Crippen LogP contribution in [0.1, 0.15) is 28.4 Å². The van der Waals surface area contributed by atoms with Crippen molar-refractivity contribution >= 4 is 34.9 Å². The summed E-state index contributed by atoms with van der Waals surface area (Å²) >= 11 is 0. The summed E-state index contributed by atoms with van der Waals surface area (Å²) in [4.78, 5) is 47.3. The molecule has 0 aliphatic carbocycles. The summed E-state index contributed by atoms with van der Waals surface area (Å²) in [5.41, 5.74) is 2.38. The van der Waals surface area contributed by atoms with Gasteiger partial charge in [-0.05, 0) is 42.3 Å². The second kappa shape index (κ2) is 6.97. The number of carbonyl (C=O) groups excluding carboxylic acids is 3. The maximum absolute atomic E-state index is 14.1. The predicted molar refractivity (Wildman–Crippen MR) is 125 cm³/mol. The number of hydrogen-bond acceptors (Lipinski definition) is 5. The van der Waals surface area contributed by atoms with Crippen molar-refractivity contribution in [1.29, 1.82) is 0 Å². The third-order valence-corrected chi connectivity index (χ3v) is 7.19. The van der Waals surface area contributed by atoms with Gasteiger partial charge >= 0.3 is 0 Å². The molecule has 1 fully saturated rings. The highest BCUT2D eigenvalue weighted by molar-refractivity contribution is 6.16. The van der Waals surface area contributed by atoms with E-state index < -0.39 is 23.4 Å². The fourth-order valence-corrected chi connectivity index (χ4v) is 5.96. The lowest BCUT2D eigenvalue weighted by Crippen LogP contribution is -2.51. The lowest BCUT2D eigenvalue weighted by Gasteiger charge is -2.37. The largest absolute Gasteiger partial charge is 0.352 e. The number of para-hydroxylation sites is 2. The molecule has 6 nitrogen and oxygen atoms in total. The van der Waals surface area contributed by atoms with E-state index in [1.165, 1.54) is 13.1 Å². The summed E-state index contributed by atoms with van der Waals surface area (Å²) < 4.78 is 0. The smallest absolute Gasteiger partial charge is 0.238 e. The zero-order valence-corrected chi connectivity index (χ0v) is 17.9. The highest BCUT2D eigenvalue weighted by Gasteiger charge is 2.69. The van der Waals surface area contributed by atoms with E-state index in [1.807, 2.05) is 65.6 Å². The second-order valence-corrected chi connectivity index (χ2v) is 8.78. The molecule has 1 N–H and O–H groups in total. The lowest BCUT2D eigenvalue weighted by molar-refractivity contribution is -0.122. The fraction of sp³-hybridized carbons (Fsp3) is 0.185. The van der Waals surface area contributed by atoms with Crippen LogP contribution in [0.15, 0.2) is 79.1 Å². The second-order valence-electron chi connectivity index (χ2n) is 8.78. The molecule has 3 aliphatic heterocycles. The quantitative estimate of drug-likeness (QED) is 0.636. The van der Waals surface area contributed by atoms with Gasteiger partial charge in [0.25, 0.3) is 0 Å². The summed E-state index contributed by atoms with van der Waals surface area (Å²) in [6, 6.07) is 17.4. The minimum atomic E-state index is -1.25. The number of fused-ring (bicyclic) bond motifs is 6. The number of pyridine rings is 1. The number of nitrogens with zero attached hydrogens (tertiary/aromatic N) is 2. The topological polar surface area (TPSA) is 79.4 Å². The molecule has 33 heavy (non-hydrogen) atoms. The first kappa shape index (κ1) is 19.6. The minimum Gasteiger partial charge on any atom is -0.352 e. The highest BCUT2D eigenvalue weighted by Crippen LogP contribution is 2.57. The van der Waals surface area contributed by atoms with Crippen molar-refractivity contribution in [3.63, 3.8) is 0 Å². The molecular formula is C27H21N3O3. The Morgan fingerprint density at radius 2 is 1.82 bits per heavy atom. The molecule has 1 amide bonds. The highest BCUT2D eigenvalue weighted by atomic mass is 16.2. The lowest BCUT2D eigenvalue weighted by atomic mass is 9.64. The number of nitrogens with one attached hydrogen (secondary N) is 1. The summed E-state index contributed by atoms with van der Waals surface area (Å²) in [5.74, 6) is -1.57. The minimum absolute atomic E-state index is 0.151. The van der Waals surface area contributed by atoms with E-state index in [0.717, 1.165) is 16.8 Å². The molecule has 6 heteroatoms. The first-order chi connectivity index (χ1) is 16.0. The molecule has 3 aliphatic rings. The van der Waals surface area contributed by atoms with Crippen LogP contribution in [0.5, 0.6) is 0 Å². The van der Waals surface area contributed by atoms with Crippen molar-refractivity contribution in [2.45, 2.75) is 24.4 Å². The van der Waals surface area contributed by atoms with E-state index in [0.29, 0.717) is 11.3 Å². The SMILES string of the molecule is CC(=O)[C@H]1[C@H](C(=O)c2cccnc2)[C@@]2(C(=O)Nc3ccccc32)[C@H]2C=Cc3ccccc3N12. The number of hydrogen-bond donors (Lipinski definition) is 1. The van der Waals surface area contributed by atoms with Gasteiger partial charge in [0.2, 0.25) is 5.91 Å². The van der Waals surface area contributed by atoms with Crippen LogP contribution in [0.2, 0.25) is 0 Å². The maximum Gasteiger partial charge on any atom is 0.238 e. The van der Waals surface area contributed by atoms with E-state index in [9.17, 15) is 14.4 Å². The van der Waals surface area contributed by atoms with Gasteiger partial charge in [-0.1, -0.05) is 48.6 Å². The number of aromatic nitrogens is 1. The molecule has 2 aromatic carbocycles. The Labute approximate surface area is 191 Å². The Bertz CT molecular complexity index is 1350. The van der Waals surface area contributed by atoms with Crippen LogP contribution in [0.4, 0.5) is 11.4 Å². The first-order valence-electron chi connectivity index (χ1n) is 11.0. The predicted octanol–water partition coefficient (Wildman–Crippen LogP) is 3.64. The van der Waals surface area contributed by atoms with Gasteiger partial charge in [0.15, 0.2) is 11.6 Å². The van der Waals surface area contributed by atoms with Gasteiger partial charge in [0.05, 0.1) is 18.0 Å². The zero-order valence-electron chi connectivity index (χ0n) is 17.9. The summed E-state index contributed by atoms with van der Waals surface area (Å²) in [6.07, 6.45) is 7.06. The Morgan fingerprint density at radius 1 is 1.03 bits per heavy atom. The fourth-order valence-electron chi connectivity index (χ4n) is 5.96. The summed E-state index contributed by atoms with van der Waals surface area (Å²) in [5, 5.41) is 3.00. The molecule has 0 bridgehead atoms. The van der Waals surface area contributed by atoms with Gasteiger partial charge in [-0.3, -0.25) is 19.4 Å². The number of ketones is 2. The molecule has 0 saturated carbocycles. The number of anilines is 2. The van der Waals surface area contributed by atoms with Crippen molar-refractivity contribution in [2.75, 3.05) is 10.2 Å². The Balaban J connectivity index is 1.67. The normalized spacial score (nSPS) is 26.5. The average molecular weight is 435 g/mol. The van der Waals surface area contributed by atoms with Gasteiger partial charge < -0.3 is 10.2 Å². The molecule has 1 spiro atoms. The van der Waals surface area contributed by atoms with Crippen LogP contribution in [0.3, 0.4) is 0 Å². The molecule has 0 radical (unpaired) electrons.